The van der Waals surface area contributed by atoms with E-state index in [9.17, 15) is 14.8 Å². The van der Waals surface area contributed by atoms with Crippen LogP contribution in [0.3, 0.4) is 0 Å². The number of fused-ring (bicyclic) bond motifs is 1. The number of piperidine rings is 1. The summed E-state index contributed by atoms with van der Waals surface area (Å²) in [6, 6.07) is 14.5. The number of rotatable bonds is 4. The highest BCUT2D eigenvalue weighted by Gasteiger charge is 2.48. The number of nitrogens with one attached hydrogen (secondary N) is 1. The predicted molar refractivity (Wildman–Crippen MR) is 133 cm³/mol. The number of hydroxylamine groups is 2. The van der Waals surface area contributed by atoms with E-state index < -0.39 is 11.1 Å². The van der Waals surface area contributed by atoms with Crippen molar-refractivity contribution in [1.29, 1.82) is 0 Å². The lowest BCUT2D eigenvalue weighted by Gasteiger charge is -2.51. The Hall–Kier alpha value is -2.74. The zero-order valence-corrected chi connectivity index (χ0v) is 20.7. The minimum Gasteiger partial charge on any atom is -0.350 e. The van der Waals surface area contributed by atoms with E-state index in [0.717, 1.165) is 10.6 Å². The van der Waals surface area contributed by atoms with Crippen LogP contribution in [0.25, 0.3) is 0 Å². The van der Waals surface area contributed by atoms with E-state index >= 15 is 0 Å². The Morgan fingerprint density at radius 3 is 2.56 bits per heavy atom. The number of nitrogens with zero attached hydrogens (tertiary/aromatic N) is 3. The first kappa shape index (κ1) is 24.4. The van der Waals surface area contributed by atoms with Gasteiger partial charge in [-0.1, -0.05) is 41.9 Å². The fourth-order valence-corrected chi connectivity index (χ4v) is 5.08. The summed E-state index contributed by atoms with van der Waals surface area (Å²) in [5, 5.41) is 17.5. The second-order valence-electron chi connectivity index (χ2n) is 10.1. The van der Waals surface area contributed by atoms with Crippen molar-refractivity contribution in [1.82, 2.24) is 10.4 Å². The van der Waals surface area contributed by atoms with E-state index in [1.165, 1.54) is 4.90 Å². The molecule has 8 heteroatoms. The number of carbonyl (C=O) groups excluding carboxylic acids is 2. The molecule has 1 radical (unpaired) electrons. The molecule has 0 aromatic heterocycles. The van der Waals surface area contributed by atoms with Crippen LogP contribution in [-0.2, 0) is 14.8 Å². The third-order valence-electron chi connectivity index (χ3n) is 6.83. The number of halogens is 1. The number of anilines is 1. The predicted octanol–water partition coefficient (Wildman–Crippen LogP) is 4.01. The van der Waals surface area contributed by atoms with Gasteiger partial charge < -0.3 is 10.2 Å². The van der Waals surface area contributed by atoms with Crippen molar-refractivity contribution in [3.8, 4) is 0 Å². The maximum absolute atomic E-state index is 13.1. The highest BCUT2D eigenvalue weighted by molar-refractivity contribution is 6.32. The lowest BCUT2D eigenvalue weighted by atomic mass is 9.78. The second kappa shape index (κ2) is 9.13. The normalized spacial score (nSPS) is 21.9. The third-order valence-corrected chi connectivity index (χ3v) is 7.07. The first-order valence-corrected chi connectivity index (χ1v) is 11.9. The summed E-state index contributed by atoms with van der Waals surface area (Å²) in [4.78, 5) is 32.2. The number of benzene rings is 2. The van der Waals surface area contributed by atoms with Crippen molar-refractivity contribution in [3.05, 3.63) is 64.7 Å². The van der Waals surface area contributed by atoms with Gasteiger partial charge in [0, 0.05) is 27.7 Å². The number of amides is 2. The molecule has 7 nitrogen and oxygen atoms in total. The van der Waals surface area contributed by atoms with Gasteiger partial charge in [-0.3, -0.25) is 14.6 Å². The van der Waals surface area contributed by atoms with Crippen LogP contribution < -0.4 is 10.2 Å². The highest BCUT2D eigenvalue weighted by atomic mass is 35.5. The fraction of sp³-hybridized carbons (Fsp3) is 0.423. The van der Waals surface area contributed by atoms with E-state index in [4.69, 9.17) is 11.6 Å². The van der Waals surface area contributed by atoms with E-state index in [1.54, 1.807) is 18.2 Å². The Bertz CT molecular complexity index is 1130. The molecule has 179 valence electrons. The summed E-state index contributed by atoms with van der Waals surface area (Å²) in [7, 11) is 0. The molecule has 1 atom stereocenters. The van der Waals surface area contributed by atoms with Gasteiger partial charge in [0.1, 0.15) is 13.1 Å². The van der Waals surface area contributed by atoms with E-state index in [0.29, 0.717) is 34.8 Å². The Morgan fingerprint density at radius 2 is 1.85 bits per heavy atom. The molecule has 2 heterocycles. The van der Waals surface area contributed by atoms with E-state index in [2.05, 4.69) is 10.3 Å². The zero-order chi connectivity index (χ0) is 24.7. The first-order valence-electron chi connectivity index (χ1n) is 11.5. The van der Waals surface area contributed by atoms with Crippen molar-refractivity contribution in [2.45, 2.75) is 57.7 Å². The zero-order valence-electron chi connectivity index (χ0n) is 20.0. The summed E-state index contributed by atoms with van der Waals surface area (Å²) in [6.07, 6.45) is 1.36. The van der Waals surface area contributed by atoms with Crippen LogP contribution in [-0.4, -0.2) is 52.8 Å². The van der Waals surface area contributed by atoms with Crippen LogP contribution in [0.5, 0.6) is 0 Å². The molecule has 1 saturated heterocycles. The maximum atomic E-state index is 13.1. The molecular weight excluding hydrogens is 452 g/mol. The van der Waals surface area contributed by atoms with Crippen molar-refractivity contribution >= 4 is 34.8 Å². The van der Waals surface area contributed by atoms with E-state index in [-0.39, 0.29) is 30.9 Å². The molecule has 0 bridgehead atoms. The molecule has 2 aromatic rings. The number of hydrogen-bond donors (Lipinski definition) is 1. The molecular formula is C26H30ClN4O3. The number of aliphatic imine (C=N–C) groups is 1. The van der Waals surface area contributed by atoms with Crippen LogP contribution in [0.1, 0.15) is 51.7 Å². The molecule has 0 saturated carbocycles. The molecule has 1 N–H and O–H groups in total. The highest BCUT2D eigenvalue weighted by Crippen LogP contribution is 2.37. The maximum Gasteiger partial charge on any atom is 0.249 e. The monoisotopic (exact) mass is 481 g/mol. The summed E-state index contributed by atoms with van der Waals surface area (Å²) in [6.45, 7) is 7.28. The van der Waals surface area contributed by atoms with Crippen LogP contribution in [0, 0.1) is 0 Å². The van der Waals surface area contributed by atoms with Gasteiger partial charge in [-0.15, -0.1) is 10.3 Å². The molecule has 4 rings (SSSR count). The molecule has 1 unspecified atom stereocenters. The van der Waals surface area contributed by atoms with Gasteiger partial charge in [-0.2, -0.15) is 0 Å². The minimum atomic E-state index is -0.769. The SMILES string of the molecule is CC1(C)CCC(NC(=O)CN2C(=O)CN=C(c3ccccc3)c3cc(Cl)ccc32)C(C)(C)N1[O]. The Labute approximate surface area is 205 Å². The lowest BCUT2D eigenvalue weighted by molar-refractivity contribution is -0.292. The molecule has 1 fully saturated rings. The van der Waals surface area contributed by atoms with Crippen molar-refractivity contribution < 1.29 is 14.8 Å². The molecule has 0 spiro atoms. The Morgan fingerprint density at radius 1 is 1.15 bits per heavy atom. The van der Waals surface area contributed by atoms with Crippen LogP contribution in [0.15, 0.2) is 53.5 Å². The van der Waals surface area contributed by atoms with Crippen molar-refractivity contribution in [3.63, 3.8) is 0 Å². The van der Waals surface area contributed by atoms with Gasteiger partial charge in [0.15, 0.2) is 0 Å². The summed E-state index contributed by atoms with van der Waals surface area (Å²) in [5.74, 6) is -0.595. The summed E-state index contributed by atoms with van der Waals surface area (Å²) in [5.41, 5.74) is 1.55. The van der Waals surface area contributed by atoms with Gasteiger partial charge in [-0.05, 0) is 58.7 Å². The smallest absolute Gasteiger partial charge is 0.249 e. The van der Waals surface area contributed by atoms with Crippen LogP contribution in [0.2, 0.25) is 5.02 Å². The summed E-state index contributed by atoms with van der Waals surface area (Å²) >= 11 is 6.30. The van der Waals surface area contributed by atoms with E-state index in [1.807, 2.05) is 58.0 Å². The Kier molecular flexibility index (Phi) is 6.55. The number of hydrogen-bond acceptors (Lipinski definition) is 4. The number of benzodiazepines with no additional fused rings is 1. The largest absolute Gasteiger partial charge is 0.350 e. The third kappa shape index (κ3) is 4.60. The molecule has 2 aliphatic heterocycles. The molecule has 2 aromatic carbocycles. The van der Waals surface area contributed by atoms with Gasteiger partial charge in [0.2, 0.25) is 11.8 Å². The topological polar surface area (TPSA) is 84.9 Å². The average molecular weight is 482 g/mol. The van der Waals surface area contributed by atoms with Gasteiger partial charge in [-0.25, -0.2) is 0 Å². The van der Waals surface area contributed by atoms with Crippen LogP contribution in [0.4, 0.5) is 5.69 Å². The minimum absolute atomic E-state index is 0.0821. The second-order valence-corrected chi connectivity index (χ2v) is 10.5. The summed E-state index contributed by atoms with van der Waals surface area (Å²) < 4.78 is 0. The average Bonchev–Trinajstić information content (AvgIpc) is 2.92. The van der Waals surface area contributed by atoms with Crippen molar-refractivity contribution in [2.75, 3.05) is 18.0 Å². The fourth-order valence-electron chi connectivity index (χ4n) is 4.91. The lowest BCUT2D eigenvalue weighted by Crippen LogP contribution is -2.67. The Balaban J connectivity index is 1.60. The molecule has 2 aliphatic rings. The van der Waals surface area contributed by atoms with Crippen molar-refractivity contribution in [2.24, 2.45) is 4.99 Å². The molecule has 0 aliphatic carbocycles. The first-order chi connectivity index (χ1) is 16.0. The molecule has 34 heavy (non-hydrogen) atoms. The quantitative estimate of drug-likeness (QED) is 0.716. The van der Waals surface area contributed by atoms with Gasteiger partial charge >= 0.3 is 0 Å². The van der Waals surface area contributed by atoms with Crippen LogP contribution >= 0.6 is 11.6 Å². The standard InChI is InChI=1S/C26H30ClN4O3/c1-25(2)13-12-21(26(3,4)31(25)34)29-22(32)16-30-20-11-10-18(27)14-19(20)24(28-15-23(30)33)17-8-6-5-7-9-17/h5-11,14,21H,12-13,15-16H2,1-4H3,(H,29,32). The molecule has 2 amide bonds. The number of carbonyl (C=O) groups is 2. The van der Waals surface area contributed by atoms with Gasteiger partial charge in [0.25, 0.3) is 0 Å². The van der Waals surface area contributed by atoms with Gasteiger partial charge in [0.05, 0.1) is 16.9 Å².